The fourth-order valence-electron chi connectivity index (χ4n) is 3.70. The Balaban J connectivity index is 1.39. The van der Waals surface area contributed by atoms with Crippen molar-refractivity contribution in [2.24, 2.45) is 0 Å². The van der Waals surface area contributed by atoms with E-state index in [9.17, 15) is 13.2 Å². The van der Waals surface area contributed by atoms with Crippen molar-refractivity contribution in [1.82, 2.24) is 9.88 Å². The monoisotopic (exact) mass is 446 g/mol. The molecule has 0 saturated carbocycles. The molecule has 0 radical (unpaired) electrons. The molecule has 0 saturated heterocycles. The van der Waals surface area contributed by atoms with Crippen molar-refractivity contribution in [3.05, 3.63) is 102 Å². The largest absolute Gasteiger partial charge is 0.348 e. The lowest BCUT2D eigenvalue weighted by Crippen LogP contribution is -2.22. The van der Waals surface area contributed by atoms with Crippen molar-refractivity contribution in [3.63, 3.8) is 0 Å². The molecule has 3 aromatic carbocycles. The number of hydrogen-bond donors (Lipinski definition) is 1. The van der Waals surface area contributed by atoms with Crippen LogP contribution in [0.2, 0.25) is 0 Å². The van der Waals surface area contributed by atoms with Crippen LogP contribution in [0.1, 0.15) is 28.4 Å². The van der Waals surface area contributed by atoms with Crippen LogP contribution in [-0.2, 0) is 29.3 Å². The number of aromatic nitrogens is 1. The molecule has 0 atom stereocenters. The molecule has 32 heavy (non-hydrogen) atoms. The Morgan fingerprint density at radius 1 is 0.906 bits per heavy atom. The smallest absolute Gasteiger partial charge is 0.251 e. The van der Waals surface area contributed by atoms with Gasteiger partial charge in [0.1, 0.15) is 0 Å². The molecular weight excluding hydrogens is 420 g/mol. The van der Waals surface area contributed by atoms with E-state index in [2.05, 4.69) is 40.3 Å². The van der Waals surface area contributed by atoms with Crippen molar-refractivity contribution in [2.75, 3.05) is 5.75 Å². The van der Waals surface area contributed by atoms with Crippen LogP contribution in [0.5, 0.6) is 0 Å². The highest BCUT2D eigenvalue weighted by Crippen LogP contribution is 2.19. The van der Waals surface area contributed by atoms with E-state index >= 15 is 0 Å². The van der Waals surface area contributed by atoms with Crippen LogP contribution in [0.25, 0.3) is 10.9 Å². The molecule has 0 aliphatic carbocycles. The van der Waals surface area contributed by atoms with E-state index < -0.39 is 9.84 Å². The van der Waals surface area contributed by atoms with Crippen LogP contribution in [0.15, 0.2) is 90.0 Å². The number of benzene rings is 3. The second kappa shape index (κ2) is 9.40. The highest BCUT2D eigenvalue weighted by Gasteiger charge is 2.12. The second-order valence-electron chi connectivity index (χ2n) is 7.75. The third kappa shape index (κ3) is 4.92. The number of hydrogen-bond acceptors (Lipinski definition) is 3. The van der Waals surface area contributed by atoms with Crippen LogP contribution < -0.4 is 5.32 Å². The number of fused-ring (bicyclic) bond motifs is 1. The normalized spacial score (nSPS) is 11.5. The van der Waals surface area contributed by atoms with Crippen molar-refractivity contribution in [1.29, 1.82) is 0 Å². The van der Waals surface area contributed by atoms with Crippen molar-refractivity contribution in [2.45, 2.75) is 31.3 Å². The maximum Gasteiger partial charge on any atom is 0.251 e. The Hall–Kier alpha value is -3.38. The molecule has 0 spiro atoms. The maximum absolute atomic E-state index is 12.6. The first-order valence-corrected chi connectivity index (χ1v) is 12.3. The molecule has 4 aromatic rings. The first-order valence-electron chi connectivity index (χ1n) is 10.7. The SMILES string of the molecule is CCS(=O)(=O)c1ccc(CNC(=O)c2ccc3c(ccn3CCc3ccccc3)c2)cc1. The molecule has 164 valence electrons. The fraction of sp³-hybridized carbons (Fsp3) is 0.192. The third-order valence-electron chi connectivity index (χ3n) is 5.63. The topological polar surface area (TPSA) is 68.2 Å². The first kappa shape index (κ1) is 21.8. The molecule has 0 aliphatic heterocycles. The summed E-state index contributed by atoms with van der Waals surface area (Å²) >= 11 is 0. The van der Waals surface area contributed by atoms with Gasteiger partial charge in [-0.05, 0) is 53.9 Å². The molecule has 0 bridgehead atoms. The van der Waals surface area contributed by atoms with Crippen molar-refractivity contribution >= 4 is 26.6 Å². The van der Waals surface area contributed by atoms with E-state index in [0.717, 1.165) is 29.4 Å². The highest BCUT2D eigenvalue weighted by molar-refractivity contribution is 7.91. The molecule has 4 rings (SSSR count). The molecule has 5 nitrogen and oxygen atoms in total. The zero-order chi connectivity index (χ0) is 22.6. The van der Waals surface area contributed by atoms with Gasteiger partial charge in [0.2, 0.25) is 0 Å². The van der Waals surface area contributed by atoms with E-state index in [1.807, 2.05) is 30.3 Å². The zero-order valence-electron chi connectivity index (χ0n) is 18.0. The number of carbonyl (C=O) groups is 1. The molecule has 1 N–H and O–H groups in total. The number of aryl methyl sites for hydroxylation is 2. The summed E-state index contributed by atoms with van der Waals surface area (Å²) in [5.74, 6) is -0.0892. The summed E-state index contributed by atoms with van der Waals surface area (Å²) in [5, 5.41) is 3.94. The summed E-state index contributed by atoms with van der Waals surface area (Å²) in [6.07, 6.45) is 3.01. The number of carbonyl (C=O) groups excluding carboxylic acids is 1. The molecular formula is C26H26N2O3S. The van der Waals surface area contributed by atoms with Crippen molar-refractivity contribution in [3.8, 4) is 0 Å². The van der Waals surface area contributed by atoms with E-state index in [1.54, 1.807) is 31.2 Å². The Labute approximate surface area is 188 Å². The lowest BCUT2D eigenvalue weighted by atomic mass is 10.1. The first-order chi connectivity index (χ1) is 15.5. The van der Waals surface area contributed by atoms with Gasteiger partial charge < -0.3 is 9.88 Å². The fourth-order valence-corrected chi connectivity index (χ4v) is 4.58. The Kier molecular flexibility index (Phi) is 6.42. The minimum atomic E-state index is -3.22. The van der Waals surface area contributed by atoms with Crippen LogP contribution in [-0.4, -0.2) is 24.6 Å². The zero-order valence-corrected chi connectivity index (χ0v) is 18.8. The number of sulfone groups is 1. The van der Waals surface area contributed by atoms with Crippen LogP contribution in [0, 0.1) is 0 Å². The Morgan fingerprint density at radius 3 is 2.38 bits per heavy atom. The van der Waals surface area contributed by atoms with E-state index in [-0.39, 0.29) is 11.7 Å². The van der Waals surface area contributed by atoms with Gasteiger partial charge >= 0.3 is 0 Å². The molecule has 0 fully saturated rings. The van der Waals surface area contributed by atoms with Gasteiger partial charge in [-0.2, -0.15) is 0 Å². The summed E-state index contributed by atoms with van der Waals surface area (Å²) in [6.45, 7) is 2.84. The minimum Gasteiger partial charge on any atom is -0.348 e. The molecule has 1 aromatic heterocycles. The number of nitrogens with one attached hydrogen (secondary N) is 1. The van der Waals surface area contributed by atoms with E-state index in [1.165, 1.54) is 5.56 Å². The average molecular weight is 447 g/mol. The lowest BCUT2D eigenvalue weighted by molar-refractivity contribution is 0.0951. The number of rotatable bonds is 8. The van der Waals surface area contributed by atoms with Gasteiger partial charge in [-0.15, -0.1) is 0 Å². The van der Waals surface area contributed by atoms with E-state index in [4.69, 9.17) is 0 Å². The van der Waals surface area contributed by atoms with Crippen LogP contribution in [0.3, 0.4) is 0 Å². The van der Waals surface area contributed by atoms with Gasteiger partial charge in [-0.25, -0.2) is 8.42 Å². The lowest BCUT2D eigenvalue weighted by Gasteiger charge is -2.08. The van der Waals surface area contributed by atoms with Crippen LogP contribution in [0.4, 0.5) is 0 Å². The summed E-state index contributed by atoms with van der Waals surface area (Å²) < 4.78 is 26.0. The molecule has 0 aliphatic rings. The van der Waals surface area contributed by atoms with Gasteiger partial charge in [0, 0.05) is 35.8 Å². The maximum atomic E-state index is 12.6. The summed E-state index contributed by atoms with van der Waals surface area (Å²) in [6, 6.07) is 24.8. The average Bonchev–Trinajstić information content (AvgIpc) is 3.24. The summed E-state index contributed by atoms with van der Waals surface area (Å²) in [5.41, 5.74) is 3.85. The standard InChI is InChI=1S/C26H26N2O3S/c1-2-32(30,31)24-11-8-21(9-12-24)19-27-26(29)23-10-13-25-22(18-23)15-17-28(25)16-14-20-6-4-3-5-7-20/h3-13,15,17-18H,2,14,16,19H2,1H3,(H,27,29). The van der Waals surface area contributed by atoms with Crippen LogP contribution >= 0.6 is 0 Å². The number of amides is 1. The predicted molar refractivity (Wildman–Crippen MR) is 127 cm³/mol. The Morgan fingerprint density at radius 2 is 1.66 bits per heavy atom. The third-order valence-corrected chi connectivity index (χ3v) is 7.38. The van der Waals surface area contributed by atoms with Gasteiger partial charge in [0.05, 0.1) is 10.6 Å². The second-order valence-corrected chi connectivity index (χ2v) is 10.0. The molecule has 0 unspecified atom stereocenters. The van der Waals surface area contributed by atoms with Gasteiger partial charge in [-0.1, -0.05) is 49.4 Å². The highest BCUT2D eigenvalue weighted by atomic mass is 32.2. The van der Waals surface area contributed by atoms with Gasteiger partial charge in [-0.3, -0.25) is 4.79 Å². The Bertz CT molecular complexity index is 1320. The molecule has 6 heteroatoms. The van der Waals surface area contributed by atoms with Crippen molar-refractivity contribution < 1.29 is 13.2 Å². The minimum absolute atomic E-state index is 0.0690. The summed E-state index contributed by atoms with van der Waals surface area (Å²) in [4.78, 5) is 12.9. The van der Waals surface area contributed by atoms with Gasteiger partial charge in [0.15, 0.2) is 9.84 Å². The van der Waals surface area contributed by atoms with Gasteiger partial charge in [0.25, 0.3) is 5.91 Å². The molecule has 1 amide bonds. The summed E-state index contributed by atoms with van der Waals surface area (Å²) in [7, 11) is -3.22. The quantitative estimate of drug-likeness (QED) is 0.430. The number of nitrogens with zero attached hydrogens (tertiary/aromatic N) is 1. The van der Waals surface area contributed by atoms with E-state index in [0.29, 0.717) is 17.0 Å². The molecule has 1 heterocycles. The predicted octanol–water partition coefficient (Wildman–Crippen LogP) is 4.61.